The van der Waals surface area contributed by atoms with Crippen molar-refractivity contribution in [1.29, 1.82) is 0 Å². The third-order valence-corrected chi connectivity index (χ3v) is 9.37. The summed E-state index contributed by atoms with van der Waals surface area (Å²) in [6.45, 7) is 2.12. The minimum atomic E-state index is -0.435. The van der Waals surface area contributed by atoms with Gasteiger partial charge in [-0.3, -0.25) is 9.59 Å². The number of halogens is 4. The van der Waals surface area contributed by atoms with E-state index in [1.165, 1.54) is 66.7 Å². The van der Waals surface area contributed by atoms with Crippen LogP contribution in [-0.4, -0.2) is 68.1 Å². The smallest absolute Gasteiger partial charge is 0.253 e. The average molecular weight is 739 g/mol. The number of piperidine rings is 2. The molecule has 4 aromatic carbocycles. The monoisotopic (exact) mass is 738 g/mol. The zero-order chi connectivity index (χ0) is 37.6. The number of carbonyl (C=O) groups is 2. The summed E-state index contributed by atoms with van der Waals surface area (Å²) in [4.78, 5) is 37.5. The molecule has 2 aliphatic rings. The van der Waals surface area contributed by atoms with E-state index in [9.17, 15) is 27.2 Å². The highest BCUT2D eigenvalue weighted by Crippen LogP contribution is 2.30. The zero-order valence-corrected chi connectivity index (χ0v) is 28.9. The third-order valence-electron chi connectivity index (χ3n) is 9.37. The van der Waals surface area contributed by atoms with Gasteiger partial charge < -0.3 is 18.8 Å². The molecule has 14 heteroatoms. The fourth-order valence-corrected chi connectivity index (χ4v) is 6.54. The molecule has 0 spiro atoms. The summed E-state index contributed by atoms with van der Waals surface area (Å²) in [5, 5.41) is 7.94. The zero-order valence-electron chi connectivity index (χ0n) is 28.9. The summed E-state index contributed by atoms with van der Waals surface area (Å²) in [7, 11) is 0. The van der Waals surface area contributed by atoms with Crippen molar-refractivity contribution < 1.29 is 36.2 Å². The quantitative estimate of drug-likeness (QED) is 0.158. The predicted octanol–water partition coefficient (Wildman–Crippen LogP) is 8.07. The molecular weight excluding hydrogens is 704 g/mol. The lowest BCUT2D eigenvalue weighted by Crippen LogP contribution is -2.39. The van der Waals surface area contributed by atoms with Crippen LogP contribution in [0.15, 0.2) is 106 Å². The third kappa shape index (κ3) is 8.54. The van der Waals surface area contributed by atoms with E-state index >= 15 is 0 Å². The number of nitrogens with zero attached hydrogens (tertiary/aromatic N) is 6. The van der Waals surface area contributed by atoms with Crippen LogP contribution in [0.5, 0.6) is 0 Å². The second kappa shape index (κ2) is 16.2. The topological polar surface area (TPSA) is 118 Å². The molecule has 2 aliphatic heterocycles. The van der Waals surface area contributed by atoms with E-state index in [-0.39, 0.29) is 41.1 Å². The Hall–Kier alpha value is -6.18. The van der Waals surface area contributed by atoms with Crippen LogP contribution < -0.4 is 0 Å². The van der Waals surface area contributed by atoms with Crippen LogP contribution in [-0.2, 0) is 0 Å². The molecule has 6 aromatic rings. The SMILES string of the molecule is O=C(c1ccc(F)cc1)N1CCCC(c2nc(-c3ccc(F)cc3)no2)C1.O=C(c1cccc(F)c1)N1CCCC(c2nc(-c3ccc(F)cc3)no2)C1. The van der Waals surface area contributed by atoms with Crippen LogP contribution >= 0.6 is 0 Å². The van der Waals surface area contributed by atoms with E-state index in [2.05, 4.69) is 20.3 Å². The maximum Gasteiger partial charge on any atom is 0.253 e. The van der Waals surface area contributed by atoms with E-state index in [1.54, 1.807) is 40.1 Å². The van der Waals surface area contributed by atoms with Crippen LogP contribution in [0.25, 0.3) is 22.8 Å². The van der Waals surface area contributed by atoms with Gasteiger partial charge in [0.05, 0.1) is 11.8 Å². The van der Waals surface area contributed by atoms with Crippen LogP contribution in [0.3, 0.4) is 0 Å². The lowest BCUT2D eigenvalue weighted by Gasteiger charge is -2.31. The Morgan fingerprint density at radius 2 is 1.00 bits per heavy atom. The van der Waals surface area contributed by atoms with Gasteiger partial charge in [0, 0.05) is 48.4 Å². The number of amides is 2. The van der Waals surface area contributed by atoms with E-state index in [4.69, 9.17) is 9.05 Å². The Labute approximate surface area is 307 Å². The van der Waals surface area contributed by atoms with Gasteiger partial charge in [-0.25, -0.2) is 17.6 Å². The molecule has 0 radical (unpaired) electrons. The molecule has 54 heavy (non-hydrogen) atoms. The molecule has 2 amide bonds. The largest absolute Gasteiger partial charge is 0.339 e. The number of benzene rings is 4. The van der Waals surface area contributed by atoms with Gasteiger partial charge in [-0.2, -0.15) is 9.97 Å². The Bertz CT molecular complexity index is 2210. The summed E-state index contributed by atoms with van der Waals surface area (Å²) in [5.74, 6) is -0.274. The fourth-order valence-electron chi connectivity index (χ4n) is 6.54. The lowest BCUT2D eigenvalue weighted by atomic mass is 9.97. The molecule has 0 saturated carbocycles. The van der Waals surface area contributed by atoms with E-state index in [0.29, 0.717) is 71.9 Å². The molecule has 2 aromatic heterocycles. The van der Waals surface area contributed by atoms with Crippen molar-refractivity contribution in [2.75, 3.05) is 26.2 Å². The molecule has 0 N–H and O–H groups in total. The molecule has 0 bridgehead atoms. The van der Waals surface area contributed by atoms with Gasteiger partial charge in [0.1, 0.15) is 23.3 Å². The Morgan fingerprint density at radius 1 is 0.556 bits per heavy atom. The highest BCUT2D eigenvalue weighted by molar-refractivity contribution is 5.94. The molecule has 8 rings (SSSR count). The number of carbonyl (C=O) groups excluding carboxylic acids is 2. The molecule has 2 unspecified atom stereocenters. The molecule has 276 valence electrons. The normalized spacial score (nSPS) is 17.1. The Kier molecular flexibility index (Phi) is 10.9. The number of likely N-dealkylation sites (tertiary alicyclic amines) is 2. The van der Waals surface area contributed by atoms with Crippen molar-refractivity contribution in [1.82, 2.24) is 30.1 Å². The summed E-state index contributed by atoms with van der Waals surface area (Å²) in [6.07, 6.45) is 3.25. The second-order valence-electron chi connectivity index (χ2n) is 13.1. The molecule has 2 saturated heterocycles. The van der Waals surface area contributed by atoms with Crippen molar-refractivity contribution in [3.63, 3.8) is 0 Å². The predicted molar refractivity (Wildman–Crippen MR) is 188 cm³/mol. The lowest BCUT2D eigenvalue weighted by molar-refractivity contribution is 0.0688. The number of rotatable bonds is 6. The van der Waals surface area contributed by atoms with Gasteiger partial charge in [-0.15, -0.1) is 0 Å². The second-order valence-corrected chi connectivity index (χ2v) is 13.1. The minimum Gasteiger partial charge on any atom is -0.339 e. The van der Waals surface area contributed by atoms with Crippen LogP contribution in [0, 0.1) is 23.3 Å². The Morgan fingerprint density at radius 3 is 1.46 bits per heavy atom. The maximum absolute atomic E-state index is 13.4. The van der Waals surface area contributed by atoms with Crippen molar-refractivity contribution in [3.8, 4) is 22.8 Å². The number of hydrogen-bond donors (Lipinski definition) is 0. The van der Waals surface area contributed by atoms with Gasteiger partial charge in [0.15, 0.2) is 0 Å². The van der Waals surface area contributed by atoms with Crippen LogP contribution in [0.4, 0.5) is 17.6 Å². The molecule has 4 heterocycles. The first kappa shape index (κ1) is 36.2. The van der Waals surface area contributed by atoms with Gasteiger partial charge in [-0.1, -0.05) is 16.4 Å². The van der Waals surface area contributed by atoms with Crippen molar-refractivity contribution in [3.05, 3.63) is 143 Å². The Balaban J connectivity index is 0.000000167. The van der Waals surface area contributed by atoms with Crippen molar-refractivity contribution >= 4 is 11.8 Å². The maximum atomic E-state index is 13.4. The fraction of sp³-hybridized carbons (Fsp3) is 0.250. The minimum absolute atomic E-state index is 0.0650. The highest BCUT2D eigenvalue weighted by atomic mass is 19.1. The number of aromatic nitrogens is 4. The summed E-state index contributed by atoms with van der Waals surface area (Å²) in [6, 6.07) is 22.9. The van der Waals surface area contributed by atoms with Crippen LogP contribution in [0.2, 0.25) is 0 Å². The van der Waals surface area contributed by atoms with Crippen molar-refractivity contribution in [2.24, 2.45) is 0 Å². The van der Waals surface area contributed by atoms with Crippen molar-refractivity contribution in [2.45, 2.75) is 37.5 Å². The van der Waals surface area contributed by atoms with E-state index < -0.39 is 5.82 Å². The van der Waals surface area contributed by atoms with E-state index in [0.717, 1.165) is 25.7 Å². The molecule has 0 aliphatic carbocycles. The molecule has 10 nitrogen and oxygen atoms in total. The molecular formula is C40H34F4N6O4. The highest BCUT2D eigenvalue weighted by Gasteiger charge is 2.31. The standard InChI is InChI=1S/2C20H17F2N3O2/c21-16-8-6-13(7-9-16)18-23-19(27-24-18)15-4-2-10-25(12-15)20(26)14-3-1-5-17(22)11-14;21-16-7-3-13(4-8-16)18-23-19(27-24-18)15-2-1-11-25(12-15)20(26)14-5-9-17(22)10-6-14/h1,3,5-9,11,15H,2,4,10,12H2;3-10,15H,1-2,11-12H2. The average Bonchev–Trinajstić information content (AvgIpc) is 3.91. The number of hydrogen-bond acceptors (Lipinski definition) is 8. The summed E-state index contributed by atoms with van der Waals surface area (Å²) < 4.78 is 63.4. The van der Waals surface area contributed by atoms with Gasteiger partial charge in [0.2, 0.25) is 23.4 Å². The first-order valence-electron chi connectivity index (χ1n) is 17.5. The van der Waals surface area contributed by atoms with Crippen LogP contribution in [0.1, 0.15) is 70.0 Å². The first-order valence-corrected chi connectivity index (χ1v) is 17.5. The van der Waals surface area contributed by atoms with E-state index in [1.807, 2.05) is 0 Å². The first-order chi connectivity index (χ1) is 26.2. The summed E-state index contributed by atoms with van der Waals surface area (Å²) >= 11 is 0. The molecule has 2 fully saturated rings. The van der Waals surface area contributed by atoms with Gasteiger partial charge >= 0.3 is 0 Å². The van der Waals surface area contributed by atoms with Gasteiger partial charge in [0.25, 0.3) is 11.8 Å². The molecule has 2 atom stereocenters. The summed E-state index contributed by atoms with van der Waals surface area (Å²) in [5.41, 5.74) is 2.11. The van der Waals surface area contributed by atoms with Gasteiger partial charge in [-0.05, 0) is 117 Å².